The molecule has 0 unspecified atom stereocenters. The van der Waals surface area contributed by atoms with Gasteiger partial charge in [-0.2, -0.15) is 6.08 Å². The van der Waals surface area contributed by atoms with E-state index in [1.807, 2.05) is 0 Å². The summed E-state index contributed by atoms with van der Waals surface area (Å²) in [6, 6.07) is 36.1. The smallest absolute Gasteiger partial charge is 1.00 e. The molecule has 0 aromatic heterocycles. The zero-order valence-electron chi connectivity index (χ0n) is 45.9. The molecule has 390 valence electrons. The first-order valence-electron chi connectivity index (χ1n) is 28.7. The van der Waals surface area contributed by atoms with Gasteiger partial charge in [-0.1, -0.05) is 264 Å². The first kappa shape index (κ1) is 67.2. The fourth-order valence-corrected chi connectivity index (χ4v) is 16.7. The minimum absolute atomic E-state index is 0. The number of aryl methyl sites for hydroxylation is 6. The molecule has 0 aliphatic heterocycles. The number of benzene rings is 4. The summed E-state index contributed by atoms with van der Waals surface area (Å²) in [7, 11) is -2.94. The fourth-order valence-electron chi connectivity index (χ4n) is 11.2. The van der Waals surface area contributed by atoms with Crippen molar-refractivity contribution in [3.05, 3.63) is 147 Å². The van der Waals surface area contributed by atoms with E-state index >= 15 is 0 Å². The van der Waals surface area contributed by atoms with E-state index in [9.17, 15) is 0 Å². The Morgan fingerprint density at radius 2 is 0.634 bits per heavy atom. The summed E-state index contributed by atoms with van der Waals surface area (Å²) in [4.78, 5) is 0. The van der Waals surface area contributed by atoms with Crippen LogP contribution in [0.25, 0.3) is 0 Å². The molecule has 0 nitrogen and oxygen atoms in total. The number of hydrogen-bond donors (Lipinski definition) is 0. The molecule has 0 atom stereocenters. The molecule has 4 aromatic carbocycles. The summed E-state index contributed by atoms with van der Waals surface area (Å²) < 4.78 is 0. The second-order valence-corrected chi connectivity index (χ2v) is 24.7. The van der Waals surface area contributed by atoms with Crippen LogP contribution in [0.5, 0.6) is 0 Å². The Morgan fingerprint density at radius 3 is 0.901 bits per heavy atom. The number of allylic oxidation sites excluding steroid dienone is 4. The first-order chi connectivity index (χ1) is 33.0. The van der Waals surface area contributed by atoms with Crippen LogP contribution >= 0.6 is 0 Å². The summed E-state index contributed by atoms with van der Waals surface area (Å²) in [5, 5.41) is 6.67. The standard InChI is InChI=1S/C66H97Si.3ClH.Ti/c1-7-13-19-26-37-56-45-57(38-27-20-14-8-2)50-63(49-56)67(66-44-34-43-62(66)48-55-35-32-25-33-36-55,64-51-58(39-28-21-15-9-3)46-59(52-64)40-29-22-16-10-4)65-53-60(41-30-23-17-11-5)47-61(54-65)42-31-24-18-12-6;;;;/h25,32-36,45-47,49-54H,7-24,26-31,37-42,44,48H2,1-6H3;3*1H;/q-1;;;;+4/p-3. The van der Waals surface area contributed by atoms with Crippen molar-refractivity contribution in [2.75, 3.05) is 0 Å². The molecular weight excluding hydrogens is 975 g/mol. The zero-order valence-corrected chi connectivity index (χ0v) is 50.8. The fraction of sp³-hybridized carbons (Fsp3) is 0.576. The van der Waals surface area contributed by atoms with Gasteiger partial charge in [0.1, 0.15) is 0 Å². The predicted molar refractivity (Wildman–Crippen MR) is 301 cm³/mol. The average Bonchev–Trinajstić information content (AvgIpc) is 3.80. The Bertz CT molecular complexity index is 1790. The Balaban J connectivity index is 0.00000630. The number of halogens is 3. The Morgan fingerprint density at radius 1 is 0.352 bits per heavy atom. The van der Waals surface area contributed by atoms with Crippen LogP contribution in [0, 0.1) is 6.08 Å². The third-order valence-corrected chi connectivity index (χ3v) is 19.9. The van der Waals surface area contributed by atoms with E-state index in [4.69, 9.17) is 0 Å². The van der Waals surface area contributed by atoms with E-state index in [-0.39, 0.29) is 58.9 Å². The van der Waals surface area contributed by atoms with E-state index in [1.54, 1.807) is 54.1 Å². The molecule has 0 N–H and O–H groups in total. The number of rotatable bonds is 36. The predicted octanol–water partition coefficient (Wildman–Crippen LogP) is 8.74. The molecular formula is C66H97Cl3SiTi. The first-order valence-corrected chi connectivity index (χ1v) is 30.7. The molecule has 71 heavy (non-hydrogen) atoms. The number of unbranched alkanes of at least 4 members (excludes halogenated alkanes) is 18. The van der Waals surface area contributed by atoms with Crippen molar-refractivity contribution in [1.82, 2.24) is 0 Å². The van der Waals surface area contributed by atoms with Crippen molar-refractivity contribution in [2.45, 2.75) is 247 Å². The maximum absolute atomic E-state index is 4.04. The number of hydrogen-bond acceptors (Lipinski definition) is 0. The molecule has 0 amide bonds. The summed E-state index contributed by atoms with van der Waals surface area (Å²) in [5.41, 5.74) is 12.4. The Kier molecular flexibility index (Phi) is 37.4. The SMILES string of the molecule is CCCCCCc1cc(CCCCCC)cc([Si](C2=C(Cc3ccccc3)[C-]=CC2)(c2cc(CCCCCC)cc(CCCCCC)c2)c2cc(CCCCCC)cc(CCCCCC)c2)c1.[Cl-].[Cl-].[Cl-].[Ti+4]. The van der Waals surface area contributed by atoms with Gasteiger partial charge in [0.25, 0.3) is 0 Å². The van der Waals surface area contributed by atoms with E-state index in [0.717, 1.165) is 12.8 Å². The van der Waals surface area contributed by atoms with Gasteiger partial charge in [-0.3, -0.25) is 6.08 Å². The average molecular weight is 1070 g/mol. The quantitative estimate of drug-likeness (QED) is 0.0185. The van der Waals surface area contributed by atoms with Crippen molar-refractivity contribution in [1.29, 1.82) is 0 Å². The topological polar surface area (TPSA) is 0 Å². The largest absolute Gasteiger partial charge is 4.00 e. The molecule has 0 saturated heterocycles. The van der Waals surface area contributed by atoms with E-state index < -0.39 is 8.07 Å². The van der Waals surface area contributed by atoms with Gasteiger partial charge in [0.05, 0.1) is 8.07 Å². The molecule has 0 spiro atoms. The molecule has 5 rings (SSSR count). The van der Waals surface area contributed by atoms with Crippen LogP contribution in [0.4, 0.5) is 0 Å². The third kappa shape index (κ3) is 22.1. The molecule has 5 heteroatoms. The van der Waals surface area contributed by atoms with E-state index in [1.165, 1.54) is 204 Å². The van der Waals surface area contributed by atoms with Crippen molar-refractivity contribution in [3.8, 4) is 0 Å². The molecule has 0 bridgehead atoms. The van der Waals surface area contributed by atoms with Gasteiger partial charge >= 0.3 is 21.7 Å². The van der Waals surface area contributed by atoms with Crippen molar-refractivity contribution < 1.29 is 58.9 Å². The van der Waals surface area contributed by atoms with Crippen LogP contribution in [0.15, 0.2) is 102 Å². The van der Waals surface area contributed by atoms with Gasteiger partial charge in [0.15, 0.2) is 0 Å². The van der Waals surface area contributed by atoms with Crippen molar-refractivity contribution >= 4 is 23.6 Å². The monoisotopic (exact) mass is 1070 g/mol. The normalized spacial score (nSPS) is 12.1. The summed E-state index contributed by atoms with van der Waals surface area (Å²) >= 11 is 0. The van der Waals surface area contributed by atoms with Gasteiger partial charge in [0.2, 0.25) is 0 Å². The van der Waals surface area contributed by atoms with Gasteiger partial charge < -0.3 is 37.2 Å². The van der Waals surface area contributed by atoms with Crippen LogP contribution in [-0.4, -0.2) is 8.07 Å². The molecule has 0 saturated carbocycles. The molecule has 0 radical (unpaired) electrons. The molecule has 0 heterocycles. The van der Waals surface area contributed by atoms with Crippen molar-refractivity contribution in [2.24, 2.45) is 0 Å². The molecule has 0 fully saturated rings. The minimum Gasteiger partial charge on any atom is -1.00 e. The zero-order chi connectivity index (χ0) is 47.4. The summed E-state index contributed by atoms with van der Waals surface area (Å²) in [6.45, 7) is 14.1. The third-order valence-electron chi connectivity index (χ3n) is 15.0. The molecule has 1 aliphatic rings. The maximum atomic E-state index is 4.04. The molecule has 1 aliphatic carbocycles. The second kappa shape index (κ2) is 39.6. The van der Waals surface area contributed by atoms with Crippen LogP contribution in [-0.2, 0) is 66.7 Å². The Hall–Kier alpha value is -1.84. The van der Waals surface area contributed by atoms with Crippen LogP contribution in [0.3, 0.4) is 0 Å². The van der Waals surface area contributed by atoms with Crippen LogP contribution < -0.4 is 52.8 Å². The van der Waals surface area contributed by atoms with Gasteiger partial charge in [-0.15, -0.1) is 0 Å². The maximum Gasteiger partial charge on any atom is 4.00 e. The summed E-state index contributed by atoms with van der Waals surface area (Å²) in [5.74, 6) is 0. The second-order valence-electron chi connectivity index (χ2n) is 20.9. The minimum atomic E-state index is -2.94. The van der Waals surface area contributed by atoms with Gasteiger partial charge in [-0.25, -0.2) is 10.8 Å². The van der Waals surface area contributed by atoms with E-state index in [0.29, 0.717) is 0 Å². The van der Waals surface area contributed by atoms with Crippen molar-refractivity contribution in [3.63, 3.8) is 0 Å². The van der Waals surface area contributed by atoms with Gasteiger partial charge in [0, 0.05) is 0 Å². The van der Waals surface area contributed by atoms with Gasteiger partial charge in [-0.05, 0) is 122 Å². The van der Waals surface area contributed by atoms with Crippen LogP contribution in [0.1, 0.15) is 241 Å². The Labute approximate surface area is 472 Å². The molecule has 4 aromatic rings. The summed E-state index contributed by atoms with van der Waals surface area (Å²) in [6.07, 6.45) is 46.8. The van der Waals surface area contributed by atoms with E-state index in [2.05, 4.69) is 139 Å². The van der Waals surface area contributed by atoms with Crippen LogP contribution in [0.2, 0.25) is 0 Å².